The molecule has 3 rings (SSSR count). The average molecular weight is 375 g/mol. The Bertz CT molecular complexity index is 944. The second-order valence-electron chi connectivity index (χ2n) is 5.30. The van der Waals surface area contributed by atoms with Gasteiger partial charge in [-0.1, -0.05) is 18.5 Å². The van der Waals surface area contributed by atoms with Crippen LogP contribution in [0, 0.1) is 0 Å². The van der Waals surface area contributed by atoms with Crippen LogP contribution in [-0.4, -0.2) is 18.9 Å². The molecule has 0 amide bonds. The lowest BCUT2D eigenvalue weighted by atomic mass is 10.1. The summed E-state index contributed by atoms with van der Waals surface area (Å²) in [5.41, 5.74) is 0.592. The van der Waals surface area contributed by atoms with Gasteiger partial charge in [0.05, 0.1) is 12.1 Å². The van der Waals surface area contributed by atoms with E-state index in [0.29, 0.717) is 33.4 Å². The molecule has 25 heavy (non-hydrogen) atoms. The maximum Gasteiger partial charge on any atom is 0.355 e. The SMILES string of the molecule is CCC(=O)c1ccc(OC(=O)c2sc3cc(OC)ccc3c2Cl)cc1. The summed E-state index contributed by atoms with van der Waals surface area (Å²) in [6.07, 6.45) is 0.431. The molecule has 1 heterocycles. The lowest BCUT2D eigenvalue weighted by Crippen LogP contribution is -2.07. The number of Topliss-reactive ketones (excluding diaryl/α,β-unsaturated/α-hetero) is 1. The zero-order valence-corrected chi connectivity index (χ0v) is 15.2. The molecule has 6 heteroatoms. The number of rotatable bonds is 5. The van der Waals surface area contributed by atoms with Crippen LogP contribution in [0.3, 0.4) is 0 Å². The Labute approximate surface area is 153 Å². The van der Waals surface area contributed by atoms with Crippen molar-refractivity contribution >= 4 is 44.8 Å². The fourth-order valence-electron chi connectivity index (χ4n) is 2.37. The van der Waals surface area contributed by atoms with Crippen molar-refractivity contribution in [3.05, 3.63) is 57.9 Å². The minimum atomic E-state index is -0.528. The van der Waals surface area contributed by atoms with E-state index in [9.17, 15) is 9.59 Å². The van der Waals surface area contributed by atoms with Gasteiger partial charge in [0, 0.05) is 22.1 Å². The molecule has 0 bridgehead atoms. The number of fused-ring (bicyclic) bond motifs is 1. The fourth-order valence-corrected chi connectivity index (χ4v) is 3.78. The van der Waals surface area contributed by atoms with Crippen LogP contribution in [0.1, 0.15) is 33.4 Å². The summed E-state index contributed by atoms with van der Waals surface area (Å²) < 4.78 is 11.4. The van der Waals surface area contributed by atoms with Crippen LogP contribution in [0.15, 0.2) is 42.5 Å². The Morgan fingerprint density at radius 1 is 1.08 bits per heavy atom. The van der Waals surface area contributed by atoms with Crippen molar-refractivity contribution in [1.29, 1.82) is 0 Å². The molecule has 2 aromatic carbocycles. The van der Waals surface area contributed by atoms with Gasteiger partial charge in [-0.05, 0) is 42.5 Å². The van der Waals surface area contributed by atoms with Crippen molar-refractivity contribution in [2.75, 3.05) is 7.11 Å². The minimum Gasteiger partial charge on any atom is -0.497 e. The number of methoxy groups -OCH3 is 1. The molecule has 0 radical (unpaired) electrons. The van der Waals surface area contributed by atoms with E-state index < -0.39 is 5.97 Å². The molecule has 0 aliphatic rings. The van der Waals surface area contributed by atoms with Gasteiger partial charge in [0.25, 0.3) is 0 Å². The molecule has 4 nitrogen and oxygen atoms in total. The fraction of sp³-hybridized carbons (Fsp3) is 0.158. The van der Waals surface area contributed by atoms with Crippen molar-refractivity contribution in [3.63, 3.8) is 0 Å². The molecule has 0 fully saturated rings. The molecule has 0 saturated heterocycles. The summed E-state index contributed by atoms with van der Waals surface area (Å²) in [5.74, 6) is 0.574. The summed E-state index contributed by atoms with van der Waals surface area (Å²) in [6.45, 7) is 1.80. The molecule has 1 aromatic heterocycles. The monoisotopic (exact) mass is 374 g/mol. The number of halogens is 1. The van der Waals surface area contributed by atoms with Gasteiger partial charge >= 0.3 is 5.97 Å². The predicted molar refractivity (Wildman–Crippen MR) is 99.4 cm³/mol. The smallest absolute Gasteiger partial charge is 0.355 e. The summed E-state index contributed by atoms with van der Waals surface area (Å²) in [7, 11) is 1.58. The summed E-state index contributed by atoms with van der Waals surface area (Å²) in [6, 6.07) is 11.9. The first-order valence-electron chi connectivity index (χ1n) is 7.65. The second-order valence-corrected chi connectivity index (χ2v) is 6.73. The van der Waals surface area contributed by atoms with E-state index in [1.54, 1.807) is 44.4 Å². The first kappa shape index (κ1) is 17.5. The van der Waals surface area contributed by atoms with Crippen molar-refractivity contribution in [1.82, 2.24) is 0 Å². The number of esters is 1. The molecule has 128 valence electrons. The van der Waals surface area contributed by atoms with Gasteiger partial charge in [0.15, 0.2) is 5.78 Å². The van der Waals surface area contributed by atoms with Crippen molar-refractivity contribution < 1.29 is 19.1 Å². The van der Waals surface area contributed by atoms with Crippen LogP contribution < -0.4 is 9.47 Å². The number of hydrogen-bond acceptors (Lipinski definition) is 5. The highest BCUT2D eigenvalue weighted by Crippen LogP contribution is 2.37. The van der Waals surface area contributed by atoms with Crippen molar-refractivity contribution in [2.24, 2.45) is 0 Å². The normalized spacial score (nSPS) is 10.7. The number of carbonyl (C=O) groups is 2. The predicted octanol–water partition coefficient (Wildman–Crippen LogP) is 5.38. The number of hydrogen-bond donors (Lipinski definition) is 0. The molecular weight excluding hydrogens is 360 g/mol. The number of thiophene rings is 1. The molecule has 0 aliphatic carbocycles. The Morgan fingerprint density at radius 2 is 1.76 bits per heavy atom. The van der Waals surface area contributed by atoms with Crippen LogP contribution in [0.25, 0.3) is 10.1 Å². The van der Waals surface area contributed by atoms with E-state index in [1.165, 1.54) is 11.3 Å². The van der Waals surface area contributed by atoms with Crippen LogP contribution in [-0.2, 0) is 0 Å². The summed E-state index contributed by atoms with van der Waals surface area (Å²) in [4.78, 5) is 24.4. The van der Waals surface area contributed by atoms with Gasteiger partial charge in [-0.3, -0.25) is 4.79 Å². The molecule has 3 aromatic rings. The molecule has 0 N–H and O–H groups in total. The Balaban J connectivity index is 1.84. The topological polar surface area (TPSA) is 52.6 Å². The van der Waals surface area contributed by atoms with Crippen LogP contribution in [0.5, 0.6) is 11.5 Å². The maximum atomic E-state index is 12.4. The highest BCUT2D eigenvalue weighted by Gasteiger charge is 2.19. The molecule has 0 aliphatic heterocycles. The van der Waals surface area contributed by atoms with Gasteiger partial charge in [0.2, 0.25) is 0 Å². The van der Waals surface area contributed by atoms with Crippen LogP contribution in [0.2, 0.25) is 5.02 Å². The second kappa shape index (κ2) is 7.25. The van der Waals surface area contributed by atoms with E-state index >= 15 is 0 Å². The van der Waals surface area contributed by atoms with Gasteiger partial charge in [-0.2, -0.15) is 0 Å². The quantitative estimate of drug-likeness (QED) is 0.342. The Kier molecular flexibility index (Phi) is 5.06. The number of benzene rings is 2. The number of carbonyl (C=O) groups excluding carboxylic acids is 2. The van der Waals surface area contributed by atoms with E-state index in [2.05, 4.69) is 0 Å². The standard InChI is InChI=1S/C19H15ClO4S/c1-3-15(21)11-4-6-12(7-5-11)24-19(22)18-17(20)14-9-8-13(23-2)10-16(14)25-18/h4-10H,3H2,1-2H3. The third-order valence-electron chi connectivity index (χ3n) is 3.73. The van der Waals surface area contributed by atoms with Gasteiger partial charge in [0.1, 0.15) is 16.4 Å². The molecule has 0 unspecified atom stereocenters. The average Bonchev–Trinajstić information content (AvgIpc) is 2.97. The van der Waals surface area contributed by atoms with E-state index in [0.717, 1.165) is 10.1 Å². The number of ether oxygens (including phenoxy) is 2. The molecule has 0 saturated carbocycles. The molecule has 0 atom stereocenters. The highest BCUT2D eigenvalue weighted by molar-refractivity contribution is 7.21. The third kappa shape index (κ3) is 3.52. The van der Waals surface area contributed by atoms with Gasteiger partial charge in [-0.25, -0.2) is 4.79 Å². The Morgan fingerprint density at radius 3 is 2.40 bits per heavy atom. The van der Waals surface area contributed by atoms with Crippen molar-refractivity contribution in [2.45, 2.75) is 13.3 Å². The zero-order valence-electron chi connectivity index (χ0n) is 13.7. The van der Waals surface area contributed by atoms with E-state index in [1.807, 2.05) is 12.1 Å². The summed E-state index contributed by atoms with van der Waals surface area (Å²) in [5, 5.41) is 1.15. The number of ketones is 1. The van der Waals surface area contributed by atoms with E-state index in [4.69, 9.17) is 21.1 Å². The largest absolute Gasteiger partial charge is 0.497 e. The Hall–Kier alpha value is -2.37. The molecule has 0 spiro atoms. The maximum absolute atomic E-state index is 12.4. The lowest BCUT2D eigenvalue weighted by molar-refractivity contribution is 0.0740. The molecular formula is C19H15ClO4S. The lowest BCUT2D eigenvalue weighted by Gasteiger charge is -2.04. The highest BCUT2D eigenvalue weighted by atomic mass is 35.5. The minimum absolute atomic E-state index is 0.0411. The van der Waals surface area contributed by atoms with Crippen molar-refractivity contribution in [3.8, 4) is 11.5 Å². The van der Waals surface area contributed by atoms with Gasteiger partial charge in [-0.15, -0.1) is 11.3 Å². The third-order valence-corrected chi connectivity index (χ3v) is 5.37. The van der Waals surface area contributed by atoms with E-state index in [-0.39, 0.29) is 5.78 Å². The van der Waals surface area contributed by atoms with Gasteiger partial charge < -0.3 is 9.47 Å². The zero-order chi connectivity index (χ0) is 18.0. The van der Waals surface area contributed by atoms with Crippen LogP contribution in [0.4, 0.5) is 0 Å². The summed E-state index contributed by atoms with van der Waals surface area (Å²) >= 11 is 7.58. The van der Waals surface area contributed by atoms with Crippen LogP contribution >= 0.6 is 22.9 Å². The first-order valence-corrected chi connectivity index (χ1v) is 8.84. The first-order chi connectivity index (χ1) is 12.0.